The molecule has 0 bridgehead atoms. The molecule has 2 aliphatic rings. The van der Waals surface area contributed by atoms with E-state index in [0.29, 0.717) is 0 Å². The maximum absolute atomic E-state index is 4.74. The van der Waals surface area contributed by atoms with Crippen LogP contribution in [0.2, 0.25) is 0 Å². The molecule has 0 aliphatic carbocycles. The van der Waals surface area contributed by atoms with E-state index in [1.54, 1.807) is 0 Å². The number of anilines is 7. The van der Waals surface area contributed by atoms with Crippen molar-refractivity contribution < 1.29 is 22.4 Å². The van der Waals surface area contributed by atoms with Crippen molar-refractivity contribution in [2.24, 2.45) is 0 Å². The Morgan fingerprint density at radius 2 is 0.690 bits per heavy atom. The molecule has 0 amide bonds. The smallest absolute Gasteiger partial charge is 0.0460 e. The van der Waals surface area contributed by atoms with E-state index in [-0.39, 0.29) is 22.4 Å². The van der Waals surface area contributed by atoms with Gasteiger partial charge in [0, 0.05) is 62.2 Å². The van der Waals surface area contributed by atoms with Crippen LogP contribution >= 0.6 is 0 Å². The second kappa shape index (κ2) is 12.4. The molecule has 1 radical (unpaired) electrons. The van der Waals surface area contributed by atoms with Gasteiger partial charge in [0.25, 0.3) is 0 Å². The summed E-state index contributed by atoms with van der Waals surface area (Å²) < 4.78 is 0. The molecule has 8 rings (SSSR count). The Hall–Kier alpha value is -4.74. The van der Waals surface area contributed by atoms with E-state index in [0.717, 1.165) is 28.4 Å². The first-order chi connectivity index (χ1) is 20.4. The molecule has 0 spiro atoms. The minimum Gasteiger partial charge on any atom is -0.654 e. The molecule has 2 aliphatic heterocycles. The molecular formula is C37H28AuN4-2. The van der Waals surface area contributed by atoms with Crippen LogP contribution in [0.5, 0.6) is 0 Å². The largest absolute Gasteiger partial charge is 0.654 e. The van der Waals surface area contributed by atoms with Crippen molar-refractivity contribution in [1.29, 1.82) is 0 Å². The monoisotopic (exact) mass is 725 g/mol. The second-order valence-electron chi connectivity index (χ2n) is 9.78. The fraction of sp³-hybridized carbons (Fsp3) is 0. The summed E-state index contributed by atoms with van der Waals surface area (Å²) in [5, 5.41) is 4.74. The van der Waals surface area contributed by atoms with Gasteiger partial charge in [-0.25, -0.2) is 0 Å². The molecule has 0 fully saturated rings. The van der Waals surface area contributed by atoms with E-state index in [1.807, 2.05) is 30.3 Å². The molecule has 209 valence electrons. The van der Waals surface area contributed by atoms with E-state index in [2.05, 4.69) is 155 Å². The van der Waals surface area contributed by atoms with Crippen LogP contribution in [-0.4, -0.2) is 0 Å². The van der Waals surface area contributed by atoms with Gasteiger partial charge in [-0.3, -0.25) is 0 Å². The minimum absolute atomic E-state index is 0. The normalized spacial score (nSPS) is 12.5. The zero-order valence-electron chi connectivity index (χ0n) is 22.8. The van der Waals surface area contributed by atoms with Gasteiger partial charge in [-0.1, -0.05) is 103 Å². The van der Waals surface area contributed by atoms with Gasteiger partial charge in [-0.05, 0) is 60.7 Å². The summed E-state index contributed by atoms with van der Waals surface area (Å²) in [4.78, 5) is 6.71. The first-order valence-electron chi connectivity index (χ1n) is 13.7. The molecule has 6 aromatic carbocycles. The van der Waals surface area contributed by atoms with Crippen molar-refractivity contribution >= 4 is 51.2 Å². The molecule has 0 unspecified atom stereocenters. The number of nitrogens with zero attached hydrogens (tertiary/aromatic N) is 4. The van der Waals surface area contributed by atoms with E-state index in [9.17, 15) is 0 Å². The van der Waals surface area contributed by atoms with Crippen LogP contribution in [0.3, 0.4) is 0 Å². The van der Waals surface area contributed by atoms with Crippen LogP contribution in [-0.2, 0) is 22.4 Å². The molecule has 42 heavy (non-hydrogen) atoms. The van der Waals surface area contributed by atoms with Crippen molar-refractivity contribution in [1.82, 2.24) is 0 Å². The van der Waals surface area contributed by atoms with Crippen molar-refractivity contribution in [3.63, 3.8) is 0 Å². The quantitative estimate of drug-likeness (QED) is 0.134. The summed E-state index contributed by atoms with van der Waals surface area (Å²) in [5.41, 5.74) is 10.2. The van der Waals surface area contributed by atoms with E-state index >= 15 is 0 Å². The maximum atomic E-state index is 4.74. The predicted molar refractivity (Wildman–Crippen MR) is 172 cm³/mol. The second-order valence-corrected chi connectivity index (χ2v) is 9.78. The summed E-state index contributed by atoms with van der Waals surface area (Å²) in [5.74, 6) is 0. The Labute approximate surface area is 263 Å². The van der Waals surface area contributed by atoms with Crippen LogP contribution in [0.25, 0.3) is 5.32 Å². The van der Waals surface area contributed by atoms with Crippen molar-refractivity contribution in [2.75, 3.05) is 14.7 Å². The van der Waals surface area contributed by atoms with E-state index < -0.39 is 0 Å². The molecular weight excluding hydrogens is 697 g/mol. The topological polar surface area (TPSA) is 23.8 Å². The van der Waals surface area contributed by atoms with Crippen LogP contribution in [0.4, 0.5) is 51.2 Å². The van der Waals surface area contributed by atoms with Crippen LogP contribution in [0.1, 0.15) is 0 Å². The number of hydrogen-bond donors (Lipinski definition) is 0. The number of benzene rings is 6. The summed E-state index contributed by atoms with van der Waals surface area (Å²) in [6.07, 6.45) is 0. The molecule has 5 heteroatoms. The zero-order valence-corrected chi connectivity index (χ0v) is 24.9. The van der Waals surface area contributed by atoms with Crippen LogP contribution in [0, 0.1) is 6.67 Å². The zero-order chi connectivity index (χ0) is 27.4. The first-order valence-corrected chi connectivity index (χ1v) is 13.7. The molecule has 0 saturated heterocycles. The Bertz CT molecular complexity index is 1650. The van der Waals surface area contributed by atoms with Gasteiger partial charge in [-0.15, -0.1) is 18.0 Å². The third-order valence-electron chi connectivity index (χ3n) is 7.20. The van der Waals surface area contributed by atoms with Crippen molar-refractivity contribution in [3.05, 3.63) is 176 Å². The van der Waals surface area contributed by atoms with Gasteiger partial charge in [0.15, 0.2) is 0 Å². The average Bonchev–Trinajstić information content (AvgIpc) is 3.45. The summed E-state index contributed by atoms with van der Waals surface area (Å²) in [7, 11) is 0. The van der Waals surface area contributed by atoms with Gasteiger partial charge >= 0.3 is 0 Å². The standard InChI is InChI=1S/C19H15N2.C18H13N2.Au/c1-3-9-16(10-4-1)20-15-21(17-11-5-2-6-12-17)19-14-8-7-13-18(19)20;1-2-8-14(9-3-1)20-17-12-6-4-10-15(17)19-16-11-5-7-13-18(16)20;/h1-15H;1-13H;/q2*-1;. The van der Waals surface area contributed by atoms with Crippen molar-refractivity contribution in [2.45, 2.75) is 0 Å². The van der Waals surface area contributed by atoms with Gasteiger partial charge in [-0.2, -0.15) is 0 Å². The minimum atomic E-state index is 0. The van der Waals surface area contributed by atoms with Crippen LogP contribution < -0.4 is 14.7 Å². The maximum Gasteiger partial charge on any atom is 0.0460 e. The van der Waals surface area contributed by atoms with E-state index in [1.165, 1.54) is 22.7 Å². The predicted octanol–water partition coefficient (Wildman–Crippen LogP) is 10.9. The number of rotatable bonds is 3. The summed E-state index contributed by atoms with van der Waals surface area (Å²) in [6.45, 7) is 2.15. The molecule has 0 N–H and O–H groups in total. The SMILES string of the molecule is [Au].c1ccc(N2[CH-]N(c3ccccc3)c3ccccc32)cc1.c1ccc(N2c3ccccc3[N-]c3ccccc32)cc1. The Kier molecular flexibility index (Phi) is 8.11. The molecule has 0 saturated carbocycles. The van der Waals surface area contributed by atoms with Gasteiger partial charge in [0.1, 0.15) is 0 Å². The van der Waals surface area contributed by atoms with Crippen LogP contribution in [0.15, 0.2) is 164 Å². The summed E-state index contributed by atoms with van der Waals surface area (Å²) >= 11 is 0. The van der Waals surface area contributed by atoms with E-state index in [4.69, 9.17) is 5.32 Å². The fourth-order valence-corrected chi connectivity index (χ4v) is 5.31. The fourth-order valence-electron chi connectivity index (χ4n) is 5.31. The first kappa shape index (κ1) is 27.4. The number of hydrogen-bond acceptors (Lipinski definition) is 3. The Morgan fingerprint density at radius 3 is 1.12 bits per heavy atom. The number of fused-ring (bicyclic) bond motifs is 3. The average molecular weight is 726 g/mol. The Balaban J connectivity index is 0.000000147. The molecule has 4 nitrogen and oxygen atoms in total. The van der Waals surface area contributed by atoms with Gasteiger partial charge in [0.2, 0.25) is 0 Å². The van der Waals surface area contributed by atoms with Crippen molar-refractivity contribution in [3.8, 4) is 0 Å². The number of para-hydroxylation sites is 9. The molecule has 6 aromatic rings. The molecule has 0 aromatic heterocycles. The third-order valence-corrected chi connectivity index (χ3v) is 7.20. The third kappa shape index (κ3) is 5.31. The summed E-state index contributed by atoms with van der Waals surface area (Å²) in [6, 6.07) is 56.2. The van der Waals surface area contributed by atoms with Gasteiger partial charge in [0.05, 0.1) is 0 Å². The molecule has 2 heterocycles. The molecule has 0 atom stereocenters. The van der Waals surface area contributed by atoms with Gasteiger partial charge < -0.3 is 20.0 Å². The Morgan fingerprint density at radius 1 is 0.357 bits per heavy atom.